The lowest BCUT2D eigenvalue weighted by Crippen LogP contribution is -2.42. The topological polar surface area (TPSA) is 200 Å². The zero-order valence-corrected chi connectivity index (χ0v) is 86.7. The molecule has 0 bridgehead atoms. The van der Waals surface area contributed by atoms with Crippen molar-refractivity contribution in [1.29, 1.82) is 0 Å². The molecule has 752 valence electrons. The Labute approximate surface area is 831 Å². The number of likely N-dealkylation sites (tertiary alicyclic amines) is 1. The van der Waals surface area contributed by atoms with E-state index < -0.39 is 0 Å². The molecule has 8 saturated carbocycles. The minimum Gasteiger partial charge on any atom is -0.450 e. The second-order valence-corrected chi connectivity index (χ2v) is 42.9. The maximum Gasteiger partial charge on any atom is 0.409 e. The molecule has 6 heterocycles. The van der Waals surface area contributed by atoms with Crippen LogP contribution in [-0.4, -0.2) is 172 Å². The molecule has 21 heteroatoms. The Morgan fingerprint density at radius 2 is 0.712 bits per heavy atom. The average molecular weight is 1890 g/mol. The van der Waals surface area contributed by atoms with Gasteiger partial charge in [0.25, 0.3) is 0 Å². The number of carbonyl (C=O) groups excluding carboxylic acids is 5. The van der Waals surface area contributed by atoms with Crippen molar-refractivity contribution in [3.63, 3.8) is 0 Å². The van der Waals surface area contributed by atoms with Crippen molar-refractivity contribution in [2.45, 2.75) is 418 Å². The zero-order valence-electron chi connectivity index (χ0n) is 86.7. The summed E-state index contributed by atoms with van der Waals surface area (Å²) in [5.74, 6) is 10.8. The van der Waals surface area contributed by atoms with Crippen LogP contribution in [0.3, 0.4) is 0 Å². The molecule has 1 aliphatic heterocycles. The predicted octanol–water partition coefficient (Wildman–Crippen LogP) is 27.1. The lowest BCUT2D eigenvalue weighted by molar-refractivity contribution is -0.135. The van der Waals surface area contributed by atoms with E-state index in [0.717, 1.165) is 158 Å². The Balaban J connectivity index is 0.000000134. The smallest absolute Gasteiger partial charge is 0.409 e. The second kappa shape index (κ2) is 49.8. The fourth-order valence-electron chi connectivity index (χ4n) is 25.7. The van der Waals surface area contributed by atoms with Crippen LogP contribution in [0.5, 0.6) is 0 Å². The monoisotopic (exact) mass is 1890 g/mol. The van der Waals surface area contributed by atoms with E-state index in [4.69, 9.17) is 24.7 Å². The molecule has 139 heavy (non-hydrogen) atoms. The van der Waals surface area contributed by atoms with Gasteiger partial charge in [0.15, 0.2) is 0 Å². The average Bonchev–Trinajstić information content (AvgIpc) is 1.66. The summed E-state index contributed by atoms with van der Waals surface area (Å²) in [5, 5.41) is 4.37. The maximum absolute atomic E-state index is 13.5. The van der Waals surface area contributed by atoms with Crippen molar-refractivity contribution >= 4 is 73.9 Å². The molecule has 0 radical (unpaired) electrons. The number of imidazole rings is 4. The number of nitrogens with zero attached hydrogens (tertiary/aromatic N) is 15. The van der Waals surface area contributed by atoms with Crippen LogP contribution >= 0.6 is 0 Å². The highest BCUT2D eigenvalue weighted by molar-refractivity contribution is 5.86. The molecule has 0 spiro atoms. The standard InChI is InChI=1S/C32H43N3O.C30H43N5O.C29H43N3O.C27H40N4O3/c1-3-24-15-17-26(18-16-24)32-33-29-20-19-27(25-11-7-5-8-12-25)23-30(29)35(32)22-21-31(36)34(4-2)28-13-9-6-10-14-28;1-4-22-11-13-23(14-12-22)30-32-27-16-15-24(25-20-31-33(3)21-25)19-28(27)35(30)18-17-29(36)34(5-2)26-9-7-6-8-10-26;1-3-21-10-12-23(13-11-21)29-30-26-20-24(22-14-15-22)16-17-27(26)32(29)19-18-28(33)31(4-2)25-8-6-5-7-9-25;1-4-30(22-11-7-6-8-12-22)25(32)15-17-31-24-18-20(3)13-14-23(24)28-26(31)21-10-9-16-29(19-21)27(33)34-5-2/h5,7-8,11-12,19-20,23-24,26,28H,3-4,6,9-10,13-18,21-22H2,1-2H3;15-16,19-23,26H,4-14,17-18H2,1-3H3;16-17,20-23,25H,3-15,18-19H2,1-2H3;13-14,18,21-22H,4-12,15-17,19H2,1-3H3. The van der Waals surface area contributed by atoms with Crippen molar-refractivity contribution < 1.29 is 28.7 Å². The maximum atomic E-state index is 13.5. The quantitative estimate of drug-likeness (QED) is 0.0400. The Hall–Kier alpha value is -9.66. The SMILES string of the molecule is CCC1CCC(c2nc3cc(C4CC4)ccc3n2CCC(=O)N(CC)C2CCCCC2)CC1.CCC1CCC(c2nc3ccc(-c4ccccc4)cc3n2CCC(=O)N(CC)C2CCCCC2)CC1.CCC1CCC(c2nc3ccc(-c4cnn(C)c4)cc3n2CCC(=O)N(CC)C2CCCCC2)CC1.CCOC(=O)N1CCCC(c2nc3ccc(C)cc3n2CCC(=O)N(CC)C2CCCCC2)C1. The van der Waals surface area contributed by atoms with Gasteiger partial charge in [0.2, 0.25) is 23.6 Å². The van der Waals surface area contributed by atoms with Crippen LogP contribution in [0.2, 0.25) is 0 Å². The van der Waals surface area contributed by atoms with Crippen LogP contribution in [-0.2, 0) is 57.1 Å². The summed E-state index contributed by atoms with van der Waals surface area (Å²) in [6.45, 7) is 27.2. The van der Waals surface area contributed by atoms with Gasteiger partial charge in [0.1, 0.15) is 23.3 Å². The van der Waals surface area contributed by atoms with Gasteiger partial charge in [-0.15, -0.1) is 0 Å². The second-order valence-electron chi connectivity index (χ2n) is 42.9. The third-order valence-electron chi connectivity index (χ3n) is 34.1. The Morgan fingerprint density at radius 3 is 1.09 bits per heavy atom. The first-order valence-corrected chi connectivity index (χ1v) is 56.0. The number of aromatic nitrogens is 10. The van der Waals surface area contributed by atoms with Crippen LogP contribution in [0.25, 0.3) is 66.4 Å². The van der Waals surface area contributed by atoms with Gasteiger partial charge < -0.3 is 47.5 Å². The van der Waals surface area contributed by atoms with E-state index in [9.17, 15) is 24.0 Å². The van der Waals surface area contributed by atoms with Gasteiger partial charge in [-0.2, -0.15) is 5.10 Å². The van der Waals surface area contributed by atoms with Gasteiger partial charge in [0.05, 0.1) is 56.9 Å². The van der Waals surface area contributed by atoms with Crippen LogP contribution in [0.15, 0.2) is 116 Å². The molecule has 19 rings (SSSR count). The van der Waals surface area contributed by atoms with Crippen LogP contribution in [0.4, 0.5) is 4.79 Å². The molecular weight excluding hydrogens is 1720 g/mol. The molecule has 5 aromatic carbocycles. The highest BCUT2D eigenvalue weighted by Gasteiger charge is 2.37. The molecule has 21 nitrogen and oxygen atoms in total. The van der Waals surface area contributed by atoms with E-state index in [1.807, 2.05) is 24.9 Å². The van der Waals surface area contributed by atoms with Gasteiger partial charge in [-0.1, -0.05) is 172 Å². The summed E-state index contributed by atoms with van der Waals surface area (Å²) in [4.78, 5) is 96.9. The summed E-state index contributed by atoms with van der Waals surface area (Å²) in [6, 6.07) is 38.8. The van der Waals surface area contributed by atoms with Crippen molar-refractivity contribution in [3.8, 4) is 22.3 Å². The number of aryl methyl sites for hydroxylation is 6. The number of ether oxygens (including phenoxy) is 1. The first kappa shape index (κ1) is 102. The molecule has 9 aliphatic rings. The molecule has 5 amide bonds. The van der Waals surface area contributed by atoms with Gasteiger partial charge >= 0.3 is 6.09 Å². The summed E-state index contributed by atoms with van der Waals surface area (Å²) >= 11 is 0. The first-order chi connectivity index (χ1) is 67.9. The van der Waals surface area contributed by atoms with Crippen LogP contribution < -0.4 is 0 Å². The molecule has 1 atom stereocenters. The molecule has 8 aliphatic carbocycles. The van der Waals surface area contributed by atoms with E-state index in [1.54, 1.807) is 4.90 Å². The number of hydrogen-bond acceptors (Lipinski definition) is 11. The summed E-state index contributed by atoms with van der Waals surface area (Å²) in [5.41, 5.74) is 16.2. The highest BCUT2D eigenvalue weighted by Crippen LogP contribution is 2.46. The Bertz CT molecular complexity index is 5610. The van der Waals surface area contributed by atoms with Gasteiger partial charge in [-0.05, 0) is 296 Å². The summed E-state index contributed by atoms with van der Waals surface area (Å²) < 4.78 is 16.6. The minimum atomic E-state index is -0.244. The van der Waals surface area contributed by atoms with E-state index in [0.29, 0.717) is 112 Å². The molecule has 1 saturated heterocycles. The number of carbonyl (C=O) groups is 5. The Kier molecular flexibility index (Phi) is 36.7. The third-order valence-corrected chi connectivity index (χ3v) is 34.1. The minimum absolute atomic E-state index is 0.140. The van der Waals surface area contributed by atoms with Crippen LogP contribution in [0, 0.1) is 24.7 Å². The van der Waals surface area contributed by atoms with Gasteiger partial charge in [-0.3, -0.25) is 23.9 Å². The number of benzene rings is 5. The molecule has 1 unspecified atom stereocenters. The van der Waals surface area contributed by atoms with Crippen molar-refractivity contribution in [3.05, 3.63) is 150 Å². The van der Waals surface area contributed by atoms with Crippen molar-refractivity contribution in [2.24, 2.45) is 24.8 Å². The molecule has 0 N–H and O–H groups in total. The number of hydrogen-bond donors (Lipinski definition) is 0. The molecule has 5 aromatic heterocycles. The normalized spacial score (nSPS) is 21.5. The number of fused-ring (bicyclic) bond motifs is 4. The van der Waals surface area contributed by atoms with Crippen LogP contribution in [0.1, 0.15) is 395 Å². The van der Waals surface area contributed by atoms with E-state index in [2.05, 4.69) is 208 Å². The Morgan fingerprint density at radius 1 is 0.345 bits per heavy atom. The molecule has 9 fully saturated rings. The number of amides is 5. The van der Waals surface area contributed by atoms with Gasteiger partial charge in [0, 0.05) is 158 Å². The summed E-state index contributed by atoms with van der Waals surface area (Å²) in [7, 11) is 1.95. The summed E-state index contributed by atoms with van der Waals surface area (Å²) in [6.07, 6.45) is 54.0. The fraction of sp³-hybridized carbons (Fsp3) is 0.644. The van der Waals surface area contributed by atoms with E-state index >= 15 is 0 Å². The van der Waals surface area contributed by atoms with Crippen molar-refractivity contribution in [2.75, 3.05) is 45.9 Å². The fourth-order valence-corrected chi connectivity index (χ4v) is 25.7. The highest BCUT2D eigenvalue weighted by atomic mass is 16.6. The van der Waals surface area contributed by atoms with E-state index in [-0.39, 0.29) is 17.9 Å². The lowest BCUT2D eigenvalue weighted by atomic mass is 9.80. The van der Waals surface area contributed by atoms with Crippen molar-refractivity contribution in [1.82, 2.24) is 72.5 Å². The van der Waals surface area contributed by atoms with E-state index in [1.165, 1.54) is 263 Å². The first-order valence-electron chi connectivity index (χ1n) is 56.0. The molecule has 10 aromatic rings. The number of rotatable bonds is 31. The number of piperidine rings is 1. The molecular formula is C118H169N15O6. The largest absolute Gasteiger partial charge is 0.450 e. The van der Waals surface area contributed by atoms with Gasteiger partial charge in [-0.25, -0.2) is 24.7 Å². The zero-order chi connectivity index (χ0) is 96.8. The third kappa shape index (κ3) is 25.5. The lowest BCUT2D eigenvalue weighted by Gasteiger charge is -2.34. The predicted molar refractivity (Wildman–Crippen MR) is 564 cm³/mol.